The van der Waals surface area contributed by atoms with Crippen molar-refractivity contribution >= 4 is 29.3 Å². The predicted octanol–water partition coefficient (Wildman–Crippen LogP) is 4.85. The third-order valence-electron chi connectivity index (χ3n) is 3.41. The number of rotatable bonds is 6. The zero-order valence-corrected chi connectivity index (χ0v) is 15.0. The van der Waals surface area contributed by atoms with Crippen LogP contribution in [0.2, 0.25) is 5.02 Å². The summed E-state index contributed by atoms with van der Waals surface area (Å²) in [6, 6.07) is 7.59. The van der Waals surface area contributed by atoms with Crippen molar-refractivity contribution in [1.29, 1.82) is 0 Å². The highest BCUT2D eigenvalue weighted by molar-refractivity contribution is 6.32. The summed E-state index contributed by atoms with van der Waals surface area (Å²) in [7, 11) is 1.51. The van der Waals surface area contributed by atoms with Gasteiger partial charge in [-0.2, -0.15) is 0 Å². The van der Waals surface area contributed by atoms with Gasteiger partial charge < -0.3 is 14.8 Å². The van der Waals surface area contributed by atoms with Gasteiger partial charge in [-0.25, -0.2) is 4.39 Å². The summed E-state index contributed by atoms with van der Waals surface area (Å²) in [6.45, 7) is 4.04. The third-order valence-corrected chi connectivity index (χ3v) is 3.69. The quantitative estimate of drug-likeness (QED) is 0.746. The highest BCUT2D eigenvalue weighted by Gasteiger charge is 2.10. The van der Waals surface area contributed by atoms with Crippen LogP contribution in [0.1, 0.15) is 18.1 Å². The van der Waals surface area contributed by atoms with Crippen molar-refractivity contribution in [3.8, 4) is 11.5 Å². The van der Waals surface area contributed by atoms with Crippen molar-refractivity contribution in [2.45, 2.75) is 13.8 Å². The molecule has 0 spiro atoms. The second kappa shape index (κ2) is 8.53. The highest BCUT2D eigenvalue weighted by Crippen LogP contribution is 2.36. The molecular weight excluding hydrogens is 345 g/mol. The van der Waals surface area contributed by atoms with Gasteiger partial charge in [-0.15, -0.1) is 0 Å². The average molecular weight is 364 g/mol. The monoisotopic (exact) mass is 363 g/mol. The molecule has 0 aromatic heterocycles. The lowest BCUT2D eigenvalue weighted by molar-refractivity contribution is -0.111. The van der Waals surface area contributed by atoms with Gasteiger partial charge in [0.05, 0.1) is 18.7 Å². The average Bonchev–Trinajstić information content (AvgIpc) is 2.56. The first kappa shape index (κ1) is 18.8. The maximum atomic E-state index is 13.1. The van der Waals surface area contributed by atoms with Crippen LogP contribution in [-0.4, -0.2) is 19.6 Å². The lowest BCUT2D eigenvalue weighted by atomic mass is 10.1. The van der Waals surface area contributed by atoms with Crippen LogP contribution in [0.25, 0.3) is 6.08 Å². The van der Waals surface area contributed by atoms with Crippen LogP contribution >= 0.6 is 11.6 Å². The molecule has 1 amide bonds. The molecule has 0 fully saturated rings. The van der Waals surface area contributed by atoms with E-state index in [9.17, 15) is 9.18 Å². The summed E-state index contributed by atoms with van der Waals surface area (Å²) in [5, 5.41) is 3.09. The Balaban J connectivity index is 2.16. The number of aryl methyl sites for hydroxylation is 1. The van der Waals surface area contributed by atoms with E-state index in [1.165, 1.54) is 31.4 Å². The fourth-order valence-corrected chi connectivity index (χ4v) is 2.56. The Labute approximate surface area is 151 Å². The molecular formula is C19H19ClFNO3. The molecule has 0 aliphatic rings. The molecule has 25 heavy (non-hydrogen) atoms. The van der Waals surface area contributed by atoms with Gasteiger partial charge in [0.25, 0.3) is 0 Å². The Kier molecular flexibility index (Phi) is 6.42. The number of carbonyl (C=O) groups excluding carboxylic acids is 1. The molecule has 0 bridgehead atoms. The molecule has 0 atom stereocenters. The van der Waals surface area contributed by atoms with E-state index in [-0.39, 0.29) is 11.7 Å². The number of anilines is 1. The molecule has 132 valence electrons. The Morgan fingerprint density at radius 1 is 1.32 bits per heavy atom. The Bertz CT molecular complexity index is 805. The number of hydrogen-bond acceptors (Lipinski definition) is 3. The van der Waals surface area contributed by atoms with E-state index in [2.05, 4.69) is 5.32 Å². The molecule has 0 saturated heterocycles. The summed E-state index contributed by atoms with van der Waals surface area (Å²) in [5.41, 5.74) is 1.90. The van der Waals surface area contributed by atoms with Crippen LogP contribution in [0.3, 0.4) is 0 Å². The van der Waals surface area contributed by atoms with E-state index in [4.69, 9.17) is 21.1 Å². The van der Waals surface area contributed by atoms with Crippen molar-refractivity contribution in [1.82, 2.24) is 0 Å². The number of carbonyl (C=O) groups is 1. The van der Waals surface area contributed by atoms with Crippen LogP contribution < -0.4 is 14.8 Å². The van der Waals surface area contributed by atoms with Gasteiger partial charge in [0.15, 0.2) is 11.5 Å². The van der Waals surface area contributed by atoms with Crippen LogP contribution in [0.4, 0.5) is 10.1 Å². The molecule has 0 unspecified atom stereocenters. The molecule has 6 heteroatoms. The van der Waals surface area contributed by atoms with Crippen molar-refractivity contribution in [2.24, 2.45) is 0 Å². The molecule has 0 aliphatic carbocycles. The first-order valence-corrected chi connectivity index (χ1v) is 8.08. The van der Waals surface area contributed by atoms with Crippen molar-refractivity contribution < 1.29 is 18.7 Å². The summed E-state index contributed by atoms with van der Waals surface area (Å²) >= 11 is 6.18. The van der Waals surface area contributed by atoms with Crippen LogP contribution in [0.5, 0.6) is 11.5 Å². The Morgan fingerprint density at radius 3 is 2.72 bits per heavy atom. The zero-order valence-electron chi connectivity index (χ0n) is 14.2. The third kappa shape index (κ3) is 4.97. The summed E-state index contributed by atoms with van der Waals surface area (Å²) < 4.78 is 23.8. The fraction of sp³-hybridized carbons (Fsp3) is 0.211. The number of halogens is 2. The largest absolute Gasteiger partial charge is 0.491 e. The van der Waals surface area contributed by atoms with E-state index < -0.39 is 0 Å². The van der Waals surface area contributed by atoms with E-state index in [0.717, 1.165) is 0 Å². The van der Waals surface area contributed by atoms with E-state index in [0.29, 0.717) is 39.9 Å². The lowest BCUT2D eigenvalue weighted by Gasteiger charge is -2.11. The van der Waals surface area contributed by atoms with Crippen molar-refractivity contribution in [3.05, 3.63) is 58.4 Å². The lowest BCUT2D eigenvalue weighted by Crippen LogP contribution is -2.09. The zero-order chi connectivity index (χ0) is 18.4. The van der Waals surface area contributed by atoms with Crippen LogP contribution in [0.15, 0.2) is 36.4 Å². The number of methoxy groups -OCH3 is 1. The number of ether oxygens (including phenoxy) is 2. The molecule has 1 N–H and O–H groups in total. The molecule has 4 nitrogen and oxygen atoms in total. The maximum absolute atomic E-state index is 13.1. The van der Waals surface area contributed by atoms with Crippen molar-refractivity contribution in [2.75, 3.05) is 19.0 Å². The van der Waals surface area contributed by atoms with Crippen LogP contribution in [-0.2, 0) is 4.79 Å². The predicted molar refractivity (Wildman–Crippen MR) is 98.0 cm³/mol. The second-order valence-corrected chi connectivity index (χ2v) is 5.66. The standard InChI is InChI=1S/C19H19ClFNO3/c1-4-25-17-11-13(10-15(20)19(17)24-3)5-8-18(23)22-16-7-6-14(21)9-12(16)2/h5-11H,4H2,1-3H3,(H,22,23)/b8-5+. The van der Waals surface area contributed by atoms with Gasteiger partial charge in [0.2, 0.25) is 5.91 Å². The molecule has 0 radical (unpaired) electrons. The summed E-state index contributed by atoms with van der Waals surface area (Å²) in [6.07, 6.45) is 2.98. The smallest absolute Gasteiger partial charge is 0.248 e. The summed E-state index contributed by atoms with van der Waals surface area (Å²) in [5.74, 6) is 0.279. The maximum Gasteiger partial charge on any atom is 0.248 e. The van der Waals surface area contributed by atoms with Crippen molar-refractivity contribution in [3.63, 3.8) is 0 Å². The highest BCUT2D eigenvalue weighted by atomic mass is 35.5. The minimum absolute atomic E-state index is 0.334. The second-order valence-electron chi connectivity index (χ2n) is 5.25. The summed E-state index contributed by atoms with van der Waals surface area (Å²) in [4.78, 5) is 12.1. The van der Waals surface area contributed by atoms with E-state index >= 15 is 0 Å². The van der Waals surface area contributed by atoms with E-state index in [1.807, 2.05) is 6.92 Å². The van der Waals surface area contributed by atoms with Crippen LogP contribution in [0, 0.1) is 12.7 Å². The Morgan fingerprint density at radius 2 is 2.08 bits per heavy atom. The Hall–Kier alpha value is -2.53. The topological polar surface area (TPSA) is 47.6 Å². The van der Waals surface area contributed by atoms with Gasteiger partial charge in [-0.3, -0.25) is 4.79 Å². The van der Waals surface area contributed by atoms with Gasteiger partial charge in [-0.1, -0.05) is 11.6 Å². The minimum Gasteiger partial charge on any atom is -0.491 e. The van der Waals surface area contributed by atoms with E-state index in [1.54, 1.807) is 25.1 Å². The number of benzene rings is 2. The molecule has 0 aliphatic heterocycles. The van der Waals surface area contributed by atoms with Gasteiger partial charge >= 0.3 is 0 Å². The normalized spacial score (nSPS) is 10.8. The fourth-order valence-electron chi connectivity index (χ4n) is 2.26. The molecule has 2 rings (SSSR count). The molecule has 0 heterocycles. The van der Waals surface area contributed by atoms with Gasteiger partial charge in [-0.05, 0) is 61.4 Å². The van der Waals surface area contributed by atoms with Gasteiger partial charge in [0, 0.05) is 11.8 Å². The molecule has 2 aromatic rings. The SMILES string of the molecule is CCOc1cc(/C=C/C(=O)Nc2ccc(F)cc2C)cc(Cl)c1OC. The first-order valence-electron chi connectivity index (χ1n) is 7.70. The number of nitrogens with one attached hydrogen (secondary N) is 1. The first-order chi connectivity index (χ1) is 11.9. The molecule has 0 saturated carbocycles. The number of hydrogen-bond donors (Lipinski definition) is 1. The minimum atomic E-state index is -0.345. The molecule has 2 aromatic carbocycles. The van der Waals surface area contributed by atoms with Gasteiger partial charge in [0.1, 0.15) is 5.82 Å². The number of amides is 1.